The molecule has 1 atom stereocenters. The van der Waals surface area contributed by atoms with Crippen LogP contribution in [0.2, 0.25) is 0 Å². The number of hydrogen-bond acceptors (Lipinski definition) is 7. The first-order valence-electron chi connectivity index (χ1n) is 9.29. The fourth-order valence-electron chi connectivity index (χ4n) is 2.51. The predicted octanol–water partition coefficient (Wildman–Crippen LogP) is 0.202. The van der Waals surface area contributed by atoms with Crippen molar-refractivity contribution in [3.63, 3.8) is 0 Å². The minimum absolute atomic E-state index is 0.0347. The second-order valence-corrected chi connectivity index (χ2v) is 8.23. The fourth-order valence-corrected chi connectivity index (χ4v) is 3.51. The van der Waals surface area contributed by atoms with Crippen molar-refractivity contribution in [3.05, 3.63) is 59.4 Å². The number of anilines is 1. The standard InChI is InChI=1S/C19H20FN5O8S/c20-14-7-11(24-19(21)22)3-6-13(14)18(30)33-12-4-1-10(2-5-12)9-23-34(31,32)25-15(17(28)29)8-16(26)27/h1-7,15,23,25H,8-9H2,(H,26,27)(H,28,29)(H4,21,22,24). The van der Waals surface area contributed by atoms with Crippen LogP contribution in [-0.2, 0) is 26.3 Å². The summed E-state index contributed by atoms with van der Waals surface area (Å²) in [6.07, 6.45) is -0.952. The summed E-state index contributed by atoms with van der Waals surface area (Å²) in [5.74, 6) is -5.42. The first-order valence-corrected chi connectivity index (χ1v) is 10.8. The number of nitrogens with one attached hydrogen (secondary N) is 4. The molecule has 0 fully saturated rings. The van der Waals surface area contributed by atoms with Gasteiger partial charge in [0, 0.05) is 12.2 Å². The van der Waals surface area contributed by atoms with Crippen LogP contribution in [0.25, 0.3) is 0 Å². The van der Waals surface area contributed by atoms with Crippen molar-refractivity contribution in [2.75, 3.05) is 5.32 Å². The molecule has 0 saturated heterocycles. The lowest BCUT2D eigenvalue weighted by atomic mass is 10.2. The zero-order valence-electron chi connectivity index (χ0n) is 17.2. The Bertz CT molecular complexity index is 1200. The molecule has 182 valence electrons. The van der Waals surface area contributed by atoms with Gasteiger partial charge >= 0.3 is 17.9 Å². The average Bonchev–Trinajstić information content (AvgIpc) is 2.72. The van der Waals surface area contributed by atoms with Crippen LogP contribution in [0.3, 0.4) is 0 Å². The summed E-state index contributed by atoms with van der Waals surface area (Å²) in [6, 6.07) is 7.02. The summed E-state index contributed by atoms with van der Waals surface area (Å²) in [5.41, 5.74) is 5.34. The molecule has 0 amide bonds. The Balaban J connectivity index is 1.97. The van der Waals surface area contributed by atoms with Crippen LogP contribution >= 0.6 is 0 Å². The summed E-state index contributed by atoms with van der Waals surface area (Å²) in [7, 11) is -4.35. The number of benzene rings is 2. The van der Waals surface area contributed by atoms with E-state index >= 15 is 0 Å². The molecule has 0 spiro atoms. The number of guanidine groups is 1. The highest BCUT2D eigenvalue weighted by Gasteiger charge is 2.26. The molecule has 13 nitrogen and oxygen atoms in total. The first kappa shape index (κ1) is 26.2. The van der Waals surface area contributed by atoms with Crippen LogP contribution in [0, 0.1) is 11.2 Å². The molecule has 8 N–H and O–H groups in total. The van der Waals surface area contributed by atoms with E-state index in [1.807, 2.05) is 0 Å². The number of rotatable bonds is 11. The predicted molar refractivity (Wildman–Crippen MR) is 116 cm³/mol. The Labute approximate surface area is 192 Å². The molecular weight excluding hydrogens is 477 g/mol. The monoisotopic (exact) mass is 497 g/mol. The molecule has 2 aromatic carbocycles. The van der Waals surface area contributed by atoms with Crippen molar-refractivity contribution in [2.45, 2.75) is 19.0 Å². The average molecular weight is 497 g/mol. The van der Waals surface area contributed by atoms with Gasteiger partial charge in [-0.25, -0.2) is 9.18 Å². The number of ether oxygens (including phenoxy) is 1. The Morgan fingerprint density at radius 2 is 1.76 bits per heavy atom. The normalized spacial score (nSPS) is 11.9. The van der Waals surface area contributed by atoms with Crippen molar-refractivity contribution in [3.8, 4) is 5.75 Å². The van der Waals surface area contributed by atoms with Crippen molar-refractivity contribution in [2.24, 2.45) is 5.73 Å². The summed E-state index contributed by atoms with van der Waals surface area (Å²) in [5, 5.41) is 27.1. The van der Waals surface area contributed by atoms with Crippen LogP contribution < -0.4 is 25.2 Å². The molecule has 0 aliphatic rings. The topological polar surface area (TPSA) is 221 Å². The second-order valence-electron chi connectivity index (χ2n) is 6.70. The lowest BCUT2D eigenvalue weighted by Gasteiger charge is -2.13. The smallest absolute Gasteiger partial charge is 0.346 e. The number of aliphatic carboxylic acids is 2. The lowest BCUT2D eigenvalue weighted by molar-refractivity contribution is -0.145. The zero-order chi connectivity index (χ0) is 25.5. The maximum Gasteiger partial charge on any atom is 0.346 e. The van der Waals surface area contributed by atoms with Crippen LogP contribution in [0.15, 0.2) is 42.5 Å². The molecule has 0 saturated carbocycles. The van der Waals surface area contributed by atoms with E-state index in [4.69, 9.17) is 26.1 Å². The van der Waals surface area contributed by atoms with Crippen LogP contribution in [0.4, 0.5) is 10.1 Å². The minimum atomic E-state index is -4.35. The van der Waals surface area contributed by atoms with E-state index in [0.717, 1.165) is 12.1 Å². The molecule has 1 unspecified atom stereocenters. The van der Waals surface area contributed by atoms with Crippen LogP contribution in [0.5, 0.6) is 5.75 Å². The number of carbonyl (C=O) groups excluding carboxylic acids is 1. The van der Waals surface area contributed by atoms with Crippen molar-refractivity contribution < 1.29 is 42.1 Å². The molecule has 0 bridgehead atoms. The van der Waals surface area contributed by atoms with Gasteiger partial charge in [0.05, 0.1) is 12.0 Å². The minimum Gasteiger partial charge on any atom is -0.481 e. The molecular formula is C19H20FN5O8S. The number of esters is 1. The molecule has 34 heavy (non-hydrogen) atoms. The molecule has 0 aromatic heterocycles. The Kier molecular flexibility index (Phi) is 8.60. The number of carboxylic acid groups (broad SMARTS) is 2. The van der Waals surface area contributed by atoms with Crippen molar-refractivity contribution in [1.29, 1.82) is 5.41 Å². The van der Waals surface area contributed by atoms with Crippen molar-refractivity contribution >= 4 is 39.8 Å². The highest BCUT2D eigenvalue weighted by molar-refractivity contribution is 7.87. The summed E-state index contributed by atoms with van der Waals surface area (Å²) in [4.78, 5) is 33.9. The first-order chi connectivity index (χ1) is 15.9. The van der Waals surface area contributed by atoms with Gasteiger partial charge in [0.2, 0.25) is 0 Å². The van der Waals surface area contributed by atoms with Gasteiger partial charge in [0.25, 0.3) is 10.2 Å². The van der Waals surface area contributed by atoms with Gasteiger partial charge in [-0.15, -0.1) is 0 Å². The van der Waals surface area contributed by atoms with Crippen LogP contribution in [0.1, 0.15) is 22.3 Å². The molecule has 15 heteroatoms. The molecule has 0 aliphatic heterocycles. The summed E-state index contributed by atoms with van der Waals surface area (Å²) in [6.45, 7) is -0.289. The van der Waals surface area contributed by atoms with E-state index < -0.39 is 52.4 Å². The number of carbonyl (C=O) groups is 3. The number of hydrogen-bond donors (Lipinski definition) is 7. The Morgan fingerprint density at radius 1 is 1.12 bits per heavy atom. The second kappa shape index (κ2) is 11.2. The van der Waals surface area contributed by atoms with Gasteiger partial charge in [-0.1, -0.05) is 12.1 Å². The van der Waals surface area contributed by atoms with Gasteiger partial charge in [-0.05, 0) is 35.9 Å². The van der Waals surface area contributed by atoms with E-state index in [0.29, 0.717) is 5.56 Å². The Morgan fingerprint density at radius 3 is 2.29 bits per heavy atom. The van der Waals surface area contributed by atoms with Gasteiger partial charge < -0.3 is 26.0 Å². The van der Waals surface area contributed by atoms with E-state index in [-0.39, 0.29) is 23.5 Å². The van der Waals surface area contributed by atoms with E-state index in [1.165, 1.54) is 30.3 Å². The van der Waals surface area contributed by atoms with Gasteiger partial charge in [-0.3, -0.25) is 15.0 Å². The summed E-state index contributed by atoms with van der Waals surface area (Å²) < 4.78 is 47.0. The fraction of sp³-hybridized carbons (Fsp3) is 0.158. The van der Waals surface area contributed by atoms with Crippen LogP contribution in [-0.4, -0.2) is 48.5 Å². The van der Waals surface area contributed by atoms with Gasteiger partial charge in [0.15, 0.2) is 5.96 Å². The van der Waals surface area contributed by atoms with E-state index in [1.54, 1.807) is 4.72 Å². The molecule has 2 rings (SSSR count). The SMILES string of the molecule is N=C(N)Nc1ccc(C(=O)Oc2ccc(CNS(=O)(=O)NC(CC(=O)O)C(=O)O)cc2)c(F)c1. The third kappa shape index (κ3) is 8.12. The van der Waals surface area contributed by atoms with E-state index in [2.05, 4.69) is 10.0 Å². The van der Waals surface area contributed by atoms with Gasteiger partial charge in [0.1, 0.15) is 17.6 Å². The largest absolute Gasteiger partial charge is 0.481 e. The number of halogens is 1. The van der Waals surface area contributed by atoms with E-state index in [9.17, 15) is 27.2 Å². The molecule has 0 radical (unpaired) electrons. The molecule has 2 aromatic rings. The maximum absolute atomic E-state index is 14.1. The lowest BCUT2D eigenvalue weighted by Crippen LogP contribution is -2.47. The maximum atomic E-state index is 14.1. The highest BCUT2D eigenvalue weighted by atomic mass is 32.2. The molecule has 0 heterocycles. The summed E-state index contributed by atoms with van der Waals surface area (Å²) >= 11 is 0. The molecule has 0 aliphatic carbocycles. The Hall–Kier alpha value is -4.08. The number of carboxylic acids is 2. The van der Waals surface area contributed by atoms with Gasteiger partial charge in [-0.2, -0.15) is 17.9 Å². The number of nitrogens with two attached hydrogens (primary N) is 1. The van der Waals surface area contributed by atoms with Crippen molar-refractivity contribution in [1.82, 2.24) is 9.44 Å². The quantitative estimate of drug-likeness (QED) is 0.0967. The third-order valence-corrected chi connectivity index (χ3v) is 5.16. The zero-order valence-corrected chi connectivity index (χ0v) is 18.1. The highest BCUT2D eigenvalue weighted by Crippen LogP contribution is 2.18. The third-order valence-electron chi connectivity index (χ3n) is 4.04.